The first kappa shape index (κ1) is 20.5. The maximum absolute atomic E-state index is 13.3. The highest BCUT2D eigenvalue weighted by Crippen LogP contribution is 2.18. The van der Waals surface area contributed by atoms with Gasteiger partial charge in [-0.1, -0.05) is 0 Å². The summed E-state index contributed by atoms with van der Waals surface area (Å²) in [5.74, 6) is -1.47. The number of carbonyl (C=O) groups excluding carboxylic acids is 1. The average Bonchev–Trinajstić information content (AvgIpc) is 3.04. The van der Waals surface area contributed by atoms with E-state index in [4.69, 9.17) is 5.26 Å². The van der Waals surface area contributed by atoms with Crippen LogP contribution in [0.5, 0.6) is 0 Å². The minimum absolute atomic E-state index is 0.0738. The van der Waals surface area contributed by atoms with E-state index in [2.05, 4.69) is 5.32 Å². The van der Waals surface area contributed by atoms with Crippen LogP contribution in [-0.2, 0) is 17.1 Å². The summed E-state index contributed by atoms with van der Waals surface area (Å²) in [6.07, 6.45) is 1.11. The molecular formula is C16H15F3N4O3S. The van der Waals surface area contributed by atoms with Gasteiger partial charge in [-0.05, 0) is 24.3 Å². The molecule has 2 rings (SSSR count). The van der Waals surface area contributed by atoms with Crippen LogP contribution in [0.25, 0.3) is 0 Å². The molecule has 0 radical (unpaired) electrons. The number of nitrogens with one attached hydrogen (secondary N) is 2. The number of hydrogen-bond donors (Lipinski definition) is 2. The fourth-order valence-corrected chi connectivity index (χ4v) is 3.45. The van der Waals surface area contributed by atoms with E-state index in [1.54, 1.807) is 6.07 Å². The van der Waals surface area contributed by atoms with Gasteiger partial charge in [-0.15, -0.1) is 0 Å². The van der Waals surface area contributed by atoms with Crippen molar-refractivity contribution in [3.05, 3.63) is 47.5 Å². The zero-order valence-corrected chi connectivity index (χ0v) is 14.9. The molecule has 1 heterocycles. The van der Waals surface area contributed by atoms with Crippen molar-refractivity contribution in [2.45, 2.75) is 10.9 Å². The van der Waals surface area contributed by atoms with Gasteiger partial charge < -0.3 is 9.88 Å². The van der Waals surface area contributed by atoms with Crippen LogP contribution in [0.15, 0.2) is 35.4 Å². The molecule has 27 heavy (non-hydrogen) atoms. The van der Waals surface area contributed by atoms with Crippen LogP contribution in [0.2, 0.25) is 0 Å². The molecule has 0 saturated carbocycles. The van der Waals surface area contributed by atoms with E-state index in [1.165, 1.54) is 17.7 Å². The maximum Gasteiger partial charge on any atom is 0.272 e. The molecule has 0 fully saturated rings. The number of aryl methyl sites for hydroxylation is 1. The van der Waals surface area contributed by atoms with E-state index >= 15 is 0 Å². The van der Waals surface area contributed by atoms with Gasteiger partial charge in [-0.3, -0.25) is 4.79 Å². The predicted molar refractivity (Wildman–Crippen MR) is 90.5 cm³/mol. The Kier molecular flexibility index (Phi) is 6.24. The molecule has 7 nitrogen and oxygen atoms in total. The van der Waals surface area contributed by atoms with Gasteiger partial charge >= 0.3 is 0 Å². The molecule has 1 aromatic carbocycles. The van der Waals surface area contributed by atoms with Crippen LogP contribution in [0.1, 0.15) is 16.1 Å². The number of aromatic nitrogens is 1. The lowest BCUT2D eigenvalue weighted by molar-refractivity contribution is 0.101. The summed E-state index contributed by atoms with van der Waals surface area (Å²) in [6.45, 7) is -2.44. The minimum atomic E-state index is -4.23. The fourth-order valence-electron chi connectivity index (χ4n) is 2.18. The Bertz CT molecular complexity index is 995. The Balaban J connectivity index is 2.25. The lowest BCUT2D eigenvalue weighted by atomic mass is 10.2. The lowest BCUT2D eigenvalue weighted by Gasteiger charge is -2.10. The number of halogens is 3. The second-order valence-electron chi connectivity index (χ2n) is 5.56. The molecule has 0 atom stereocenters. The summed E-state index contributed by atoms with van der Waals surface area (Å²) < 4.78 is 65.8. The molecule has 0 saturated heterocycles. The zero-order valence-electron chi connectivity index (χ0n) is 14.0. The molecule has 0 aliphatic rings. The number of nitriles is 1. The third-order valence-corrected chi connectivity index (χ3v) is 5.05. The Hall–Kier alpha value is -2.84. The smallest absolute Gasteiger partial charge is 0.272 e. The quantitative estimate of drug-likeness (QED) is 0.740. The minimum Gasteiger partial charge on any atom is -0.345 e. The van der Waals surface area contributed by atoms with Gasteiger partial charge in [0.15, 0.2) is 0 Å². The summed E-state index contributed by atoms with van der Waals surface area (Å²) in [4.78, 5) is 12.0. The van der Waals surface area contributed by atoms with Gasteiger partial charge in [0.2, 0.25) is 10.0 Å². The average molecular weight is 400 g/mol. The normalized spacial score (nSPS) is 11.4. The van der Waals surface area contributed by atoms with Crippen LogP contribution in [0.3, 0.4) is 0 Å². The number of hydrogen-bond acceptors (Lipinski definition) is 4. The summed E-state index contributed by atoms with van der Waals surface area (Å²) >= 11 is 0. The first-order valence-electron chi connectivity index (χ1n) is 7.53. The topological polar surface area (TPSA) is 104 Å². The molecule has 0 bridgehead atoms. The number of benzene rings is 1. The van der Waals surface area contributed by atoms with E-state index in [-0.39, 0.29) is 21.8 Å². The second kappa shape index (κ2) is 8.24. The van der Waals surface area contributed by atoms with Crippen molar-refractivity contribution in [3.8, 4) is 6.07 Å². The van der Waals surface area contributed by atoms with Crippen LogP contribution < -0.4 is 10.0 Å². The SMILES string of the molecule is Cn1cc(S(=O)(=O)NC(CF)CF)cc1C(=O)Nc1ccc(F)c(C#N)c1. The van der Waals surface area contributed by atoms with E-state index in [1.807, 2.05) is 4.72 Å². The first-order valence-corrected chi connectivity index (χ1v) is 9.01. The zero-order chi connectivity index (χ0) is 20.2. The van der Waals surface area contributed by atoms with Gasteiger partial charge in [0.1, 0.15) is 35.8 Å². The van der Waals surface area contributed by atoms with Crippen molar-refractivity contribution in [1.29, 1.82) is 5.26 Å². The third-order valence-electron chi connectivity index (χ3n) is 3.56. The molecule has 2 N–H and O–H groups in total. The largest absolute Gasteiger partial charge is 0.345 e. The Labute approximate surface area is 153 Å². The van der Waals surface area contributed by atoms with Gasteiger partial charge in [0, 0.05) is 18.9 Å². The van der Waals surface area contributed by atoms with E-state index in [0.717, 1.165) is 24.4 Å². The van der Waals surface area contributed by atoms with Crippen molar-refractivity contribution in [2.75, 3.05) is 18.7 Å². The molecule has 0 aliphatic heterocycles. The number of carbonyl (C=O) groups is 1. The Morgan fingerprint density at radius 2 is 1.96 bits per heavy atom. The Morgan fingerprint density at radius 1 is 1.30 bits per heavy atom. The standard InChI is InChI=1S/C16H15F3N4O3S/c1-23-9-13(27(25,26)22-12(6-17)7-18)5-15(23)16(24)21-11-2-3-14(19)10(4-11)8-20/h2-5,9,12,22H,6-7H2,1H3,(H,21,24). The Morgan fingerprint density at radius 3 is 2.56 bits per heavy atom. The van der Waals surface area contributed by atoms with Gasteiger partial charge in [-0.2, -0.15) is 5.26 Å². The van der Waals surface area contributed by atoms with Gasteiger partial charge in [0.25, 0.3) is 5.91 Å². The summed E-state index contributed by atoms with van der Waals surface area (Å²) in [6, 6.07) is 4.52. The molecule has 1 aromatic heterocycles. The number of amides is 1. The van der Waals surface area contributed by atoms with Crippen LogP contribution in [0, 0.1) is 17.1 Å². The van der Waals surface area contributed by atoms with E-state index in [9.17, 15) is 26.4 Å². The van der Waals surface area contributed by atoms with Crippen molar-refractivity contribution < 1.29 is 26.4 Å². The number of nitrogens with zero attached hydrogens (tertiary/aromatic N) is 2. The number of rotatable bonds is 7. The van der Waals surface area contributed by atoms with Gasteiger partial charge in [-0.25, -0.2) is 26.3 Å². The maximum atomic E-state index is 13.3. The fraction of sp³-hybridized carbons (Fsp3) is 0.250. The second-order valence-corrected chi connectivity index (χ2v) is 7.27. The molecule has 1 amide bonds. The van der Waals surface area contributed by atoms with Crippen molar-refractivity contribution in [2.24, 2.45) is 7.05 Å². The molecule has 0 spiro atoms. The predicted octanol–water partition coefficient (Wildman–Crippen LogP) is 1.87. The highest BCUT2D eigenvalue weighted by atomic mass is 32.2. The van der Waals surface area contributed by atoms with Crippen molar-refractivity contribution in [1.82, 2.24) is 9.29 Å². The van der Waals surface area contributed by atoms with Crippen LogP contribution >= 0.6 is 0 Å². The first-order chi connectivity index (χ1) is 12.7. The highest BCUT2D eigenvalue weighted by molar-refractivity contribution is 7.89. The summed E-state index contributed by atoms with van der Waals surface area (Å²) in [7, 11) is -2.83. The summed E-state index contributed by atoms with van der Waals surface area (Å²) in [5, 5.41) is 11.2. The molecule has 2 aromatic rings. The molecule has 144 valence electrons. The molecule has 0 unspecified atom stereocenters. The molecule has 11 heteroatoms. The highest BCUT2D eigenvalue weighted by Gasteiger charge is 2.24. The van der Waals surface area contributed by atoms with Crippen molar-refractivity contribution >= 4 is 21.6 Å². The monoisotopic (exact) mass is 400 g/mol. The third kappa shape index (κ3) is 4.66. The van der Waals surface area contributed by atoms with Crippen molar-refractivity contribution in [3.63, 3.8) is 0 Å². The van der Waals surface area contributed by atoms with Gasteiger partial charge in [0.05, 0.1) is 11.6 Å². The van der Waals surface area contributed by atoms with Crippen LogP contribution in [-0.4, -0.2) is 38.3 Å². The van der Waals surface area contributed by atoms with E-state index in [0.29, 0.717) is 0 Å². The number of alkyl halides is 2. The molecule has 0 aliphatic carbocycles. The van der Waals surface area contributed by atoms with Crippen LogP contribution in [0.4, 0.5) is 18.9 Å². The molecular weight excluding hydrogens is 385 g/mol. The number of sulfonamides is 1. The summed E-state index contributed by atoms with van der Waals surface area (Å²) in [5.41, 5.74) is -0.206. The van der Waals surface area contributed by atoms with E-state index < -0.39 is 41.1 Å². The number of anilines is 1. The lowest BCUT2D eigenvalue weighted by Crippen LogP contribution is -2.37.